The molecule has 7 heteroatoms. The third-order valence-corrected chi connectivity index (χ3v) is 4.75. The molecule has 1 fully saturated rings. The molecule has 0 spiro atoms. The highest BCUT2D eigenvalue weighted by molar-refractivity contribution is 7.89. The molecule has 1 aliphatic carbocycles. The van der Waals surface area contributed by atoms with E-state index in [9.17, 15) is 13.2 Å². The van der Waals surface area contributed by atoms with Crippen LogP contribution in [-0.2, 0) is 10.0 Å². The van der Waals surface area contributed by atoms with Crippen LogP contribution >= 0.6 is 11.6 Å². The molecule has 19 heavy (non-hydrogen) atoms. The topological polar surface area (TPSA) is 89.3 Å². The number of amides is 1. The Morgan fingerprint density at radius 1 is 1.42 bits per heavy atom. The van der Waals surface area contributed by atoms with Gasteiger partial charge >= 0.3 is 0 Å². The van der Waals surface area contributed by atoms with E-state index in [1.807, 2.05) is 6.92 Å². The van der Waals surface area contributed by atoms with Crippen molar-refractivity contribution in [3.8, 4) is 0 Å². The molecule has 1 aromatic carbocycles. The lowest BCUT2D eigenvalue weighted by molar-refractivity contribution is 0.0935. The Morgan fingerprint density at radius 3 is 2.47 bits per heavy atom. The van der Waals surface area contributed by atoms with E-state index in [1.165, 1.54) is 6.07 Å². The highest BCUT2D eigenvalue weighted by Gasteiger charge is 2.39. The van der Waals surface area contributed by atoms with Gasteiger partial charge in [-0.1, -0.05) is 11.6 Å². The van der Waals surface area contributed by atoms with E-state index in [-0.39, 0.29) is 26.9 Å². The number of rotatable bonds is 3. The number of nitrogens with two attached hydrogens (primary N) is 1. The molecule has 0 unspecified atom stereocenters. The first-order chi connectivity index (χ1) is 8.62. The van der Waals surface area contributed by atoms with E-state index in [4.69, 9.17) is 16.7 Å². The van der Waals surface area contributed by atoms with E-state index in [1.54, 1.807) is 13.0 Å². The summed E-state index contributed by atoms with van der Waals surface area (Å²) in [6.07, 6.45) is 1.85. The summed E-state index contributed by atoms with van der Waals surface area (Å²) in [5, 5.41) is 8.00. The number of aryl methyl sites for hydroxylation is 1. The zero-order valence-electron chi connectivity index (χ0n) is 10.7. The Bertz CT molecular complexity index is 651. The van der Waals surface area contributed by atoms with Crippen LogP contribution in [0.15, 0.2) is 17.0 Å². The number of hydrogen-bond acceptors (Lipinski definition) is 3. The quantitative estimate of drug-likeness (QED) is 0.888. The number of sulfonamides is 1. The summed E-state index contributed by atoms with van der Waals surface area (Å²) in [6, 6.07) is 2.77. The van der Waals surface area contributed by atoms with Crippen LogP contribution in [0, 0.1) is 6.92 Å². The van der Waals surface area contributed by atoms with Gasteiger partial charge in [-0.3, -0.25) is 4.79 Å². The van der Waals surface area contributed by atoms with Crippen molar-refractivity contribution in [3.63, 3.8) is 0 Å². The van der Waals surface area contributed by atoms with Crippen molar-refractivity contribution < 1.29 is 13.2 Å². The lowest BCUT2D eigenvalue weighted by Crippen LogP contribution is -2.34. The standard InChI is InChI=1S/C12H15ClN2O3S/c1-7-5-8(11(16)15-12(2)3-4-12)6-9(10(7)13)19(14,17)18/h5-6H,3-4H2,1-2H3,(H,15,16)(H2,14,17,18). The van der Waals surface area contributed by atoms with Crippen molar-refractivity contribution in [2.75, 3.05) is 0 Å². The average Bonchev–Trinajstić information content (AvgIpc) is 2.98. The normalized spacial score (nSPS) is 17.1. The second-order valence-electron chi connectivity index (χ2n) is 5.17. The van der Waals surface area contributed by atoms with Crippen LogP contribution in [0.4, 0.5) is 0 Å². The first-order valence-corrected chi connectivity index (χ1v) is 7.70. The molecule has 0 radical (unpaired) electrons. The number of hydrogen-bond donors (Lipinski definition) is 2. The molecular formula is C12H15ClN2O3S. The molecule has 104 valence electrons. The molecule has 0 atom stereocenters. The first kappa shape index (κ1) is 14.3. The van der Waals surface area contributed by atoms with Gasteiger partial charge in [0.15, 0.2) is 0 Å². The fraction of sp³-hybridized carbons (Fsp3) is 0.417. The van der Waals surface area contributed by atoms with Gasteiger partial charge in [-0.25, -0.2) is 13.6 Å². The lowest BCUT2D eigenvalue weighted by atomic mass is 10.1. The molecule has 5 nitrogen and oxygen atoms in total. The van der Waals surface area contributed by atoms with E-state index in [2.05, 4.69) is 5.32 Å². The minimum Gasteiger partial charge on any atom is -0.347 e. The van der Waals surface area contributed by atoms with Crippen LogP contribution in [0.5, 0.6) is 0 Å². The minimum absolute atomic E-state index is 0.0525. The maximum Gasteiger partial charge on any atom is 0.251 e. The highest BCUT2D eigenvalue weighted by Crippen LogP contribution is 2.35. The fourth-order valence-electron chi connectivity index (χ4n) is 1.73. The second-order valence-corrected chi connectivity index (χ2v) is 7.07. The lowest BCUT2D eigenvalue weighted by Gasteiger charge is -2.13. The maximum absolute atomic E-state index is 12.1. The summed E-state index contributed by atoms with van der Waals surface area (Å²) in [6.45, 7) is 3.57. The molecule has 3 N–H and O–H groups in total. The summed E-state index contributed by atoms with van der Waals surface area (Å²) < 4.78 is 22.9. The average molecular weight is 303 g/mol. The molecule has 0 aliphatic heterocycles. The van der Waals surface area contributed by atoms with Gasteiger partial charge in [0, 0.05) is 11.1 Å². The fourth-order valence-corrected chi connectivity index (χ4v) is 2.87. The van der Waals surface area contributed by atoms with Crippen molar-refractivity contribution in [2.24, 2.45) is 5.14 Å². The minimum atomic E-state index is -3.95. The van der Waals surface area contributed by atoms with Crippen molar-refractivity contribution in [3.05, 3.63) is 28.3 Å². The zero-order valence-corrected chi connectivity index (χ0v) is 12.2. The second kappa shape index (κ2) is 4.47. The third-order valence-electron chi connectivity index (χ3n) is 3.21. The Labute approximate surface area is 117 Å². The predicted molar refractivity (Wildman–Crippen MR) is 72.7 cm³/mol. The summed E-state index contributed by atoms with van der Waals surface area (Å²) in [5.74, 6) is -0.315. The Morgan fingerprint density at radius 2 is 2.00 bits per heavy atom. The summed E-state index contributed by atoms with van der Waals surface area (Å²) >= 11 is 5.91. The Kier molecular flexibility index (Phi) is 3.36. The van der Waals surface area contributed by atoms with Crippen LogP contribution in [-0.4, -0.2) is 19.9 Å². The monoisotopic (exact) mass is 302 g/mol. The molecule has 0 bridgehead atoms. The van der Waals surface area contributed by atoms with Crippen molar-refractivity contribution in [2.45, 2.75) is 37.1 Å². The molecule has 0 saturated heterocycles. The van der Waals surface area contributed by atoms with Crippen molar-refractivity contribution >= 4 is 27.5 Å². The van der Waals surface area contributed by atoms with Gasteiger partial charge < -0.3 is 5.32 Å². The Balaban J connectivity index is 2.42. The molecule has 1 aromatic rings. The van der Waals surface area contributed by atoms with E-state index < -0.39 is 10.0 Å². The number of nitrogens with one attached hydrogen (secondary N) is 1. The van der Waals surface area contributed by atoms with Crippen molar-refractivity contribution in [1.29, 1.82) is 0 Å². The van der Waals surface area contributed by atoms with Crippen LogP contribution in [0.25, 0.3) is 0 Å². The number of benzene rings is 1. The van der Waals surface area contributed by atoms with Gasteiger partial charge in [0.05, 0.1) is 5.02 Å². The van der Waals surface area contributed by atoms with Gasteiger partial charge in [0.2, 0.25) is 10.0 Å². The molecule has 1 amide bonds. The molecule has 1 aliphatic rings. The predicted octanol–water partition coefficient (Wildman–Crippen LogP) is 1.58. The smallest absolute Gasteiger partial charge is 0.251 e. The summed E-state index contributed by atoms with van der Waals surface area (Å²) in [7, 11) is -3.95. The van der Waals surface area contributed by atoms with Crippen LogP contribution < -0.4 is 10.5 Å². The van der Waals surface area contributed by atoms with Gasteiger partial charge in [0.25, 0.3) is 5.91 Å². The molecule has 0 aromatic heterocycles. The van der Waals surface area contributed by atoms with E-state index in [0.29, 0.717) is 5.56 Å². The van der Waals surface area contributed by atoms with Crippen molar-refractivity contribution in [1.82, 2.24) is 5.32 Å². The van der Waals surface area contributed by atoms with E-state index >= 15 is 0 Å². The zero-order chi connectivity index (χ0) is 14.4. The summed E-state index contributed by atoms with van der Waals surface area (Å²) in [4.78, 5) is 11.8. The molecule has 2 rings (SSSR count). The number of halogens is 1. The van der Waals surface area contributed by atoms with Gasteiger partial charge in [-0.15, -0.1) is 0 Å². The van der Waals surface area contributed by atoms with Crippen LogP contribution in [0.3, 0.4) is 0 Å². The molecular weight excluding hydrogens is 288 g/mol. The number of primary sulfonamides is 1. The summed E-state index contributed by atoms with van der Waals surface area (Å²) in [5.41, 5.74) is 0.574. The van der Waals surface area contributed by atoms with Gasteiger partial charge in [-0.2, -0.15) is 0 Å². The maximum atomic E-state index is 12.1. The largest absolute Gasteiger partial charge is 0.347 e. The number of carbonyl (C=O) groups excluding carboxylic acids is 1. The van der Waals surface area contributed by atoms with Gasteiger partial charge in [-0.05, 0) is 44.4 Å². The Hall–Kier alpha value is -1.11. The molecule has 0 heterocycles. The van der Waals surface area contributed by atoms with Crippen LogP contribution in [0.2, 0.25) is 5.02 Å². The SMILES string of the molecule is Cc1cc(C(=O)NC2(C)CC2)cc(S(N)(=O)=O)c1Cl. The molecule has 1 saturated carbocycles. The first-order valence-electron chi connectivity index (χ1n) is 5.78. The number of carbonyl (C=O) groups is 1. The highest BCUT2D eigenvalue weighted by atomic mass is 35.5. The van der Waals surface area contributed by atoms with Crippen LogP contribution in [0.1, 0.15) is 35.7 Å². The van der Waals surface area contributed by atoms with Gasteiger partial charge in [0.1, 0.15) is 4.90 Å². The third kappa shape index (κ3) is 3.08. The van der Waals surface area contributed by atoms with E-state index in [0.717, 1.165) is 12.8 Å².